The van der Waals surface area contributed by atoms with Crippen LogP contribution in [-0.4, -0.2) is 38.2 Å². The number of carbonyl (C=O) groups excluding carboxylic acids is 2. The molecule has 0 N–H and O–H groups in total. The first kappa shape index (κ1) is 21.2. The van der Waals surface area contributed by atoms with E-state index in [0.29, 0.717) is 41.9 Å². The lowest BCUT2D eigenvalue weighted by Crippen LogP contribution is -2.14. The number of rotatable bonds is 10. The summed E-state index contributed by atoms with van der Waals surface area (Å²) >= 11 is 4.59. The highest BCUT2D eigenvalue weighted by atomic mass is 79.9. The van der Waals surface area contributed by atoms with Gasteiger partial charge < -0.3 is 18.9 Å². The van der Waals surface area contributed by atoms with Crippen LogP contribution in [0.3, 0.4) is 0 Å². The fourth-order valence-corrected chi connectivity index (χ4v) is 3.57. The quantitative estimate of drug-likeness (QED) is 0.379. The molecule has 146 valence electrons. The van der Waals surface area contributed by atoms with Crippen molar-refractivity contribution in [3.63, 3.8) is 0 Å². The second kappa shape index (κ2) is 10.3. The first-order chi connectivity index (χ1) is 13.0. The molecular weight excluding hydrogens is 436 g/mol. The number of hydrogen-bond donors (Lipinski definition) is 0. The highest BCUT2D eigenvalue weighted by molar-refractivity contribution is 9.11. The lowest BCUT2D eigenvalue weighted by Gasteiger charge is -2.16. The molecule has 0 aliphatic heterocycles. The number of Topliss-reactive ketones (excluding diaryl/α,β-unsaturated/α-hetero) is 1. The van der Waals surface area contributed by atoms with Gasteiger partial charge in [-0.25, -0.2) is 4.79 Å². The smallest absolute Gasteiger partial charge is 0.338 e. The lowest BCUT2D eigenvalue weighted by atomic mass is 10.2. The molecular formula is C19H21BrO6S. The van der Waals surface area contributed by atoms with E-state index in [-0.39, 0.29) is 18.0 Å². The van der Waals surface area contributed by atoms with Gasteiger partial charge in [0, 0.05) is 0 Å². The number of ether oxygens (including phenoxy) is 4. The molecule has 2 rings (SSSR count). The van der Waals surface area contributed by atoms with Gasteiger partial charge in [0.2, 0.25) is 11.5 Å². The van der Waals surface area contributed by atoms with Crippen LogP contribution in [0.4, 0.5) is 0 Å². The summed E-state index contributed by atoms with van der Waals surface area (Å²) in [5, 5.41) is 0. The number of ketones is 1. The fourth-order valence-electron chi connectivity index (χ4n) is 2.26. The predicted molar refractivity (Wildman–Crippen MR) is 107 cm³/mol. The maximum atomic E-state index is 12.4. The standard InChI is InChI=1S/C19H21BrO6S/c1-4-23-14-9-12(10-15(24-5-2)18(14)25-6-3)19(22)26-11-13(21)16-7-8-17(20)27-16/h7-10H,4-6,11H2,1-3H3. The number of carbonyl (C=O) groups is 2. The van der Waals surface area contributed by atoms with E-state index in [1.807, 2.05) is 20.8 Å². The van der Waals surface area contributed by atoms with E-state index < -0.39 is 5.97 Å². The third-order valence-electron chi connectivity index (χ3n) is 3.33. The molecule has 0 bridgehead atoms. The monoisotopic (exact) mass is 456 g/mol. The fraction of sp³-hybridized carbons (Fsp3) is 0.368. The average molecular weight is 457 g/mol. The van der Waals surface area contributed by atoms with Crippen molar-refractivity contribution in [2.45, 2.75) is 20.8 Å². The average Bonchev–Trinajstić information content (AvgIpc) is 3.08. The molecule has 6 nitrogen and oxygen atoms in total. The van der Waals surface area contributed by atoms with Gasteiger partial charge in [-0.3, -0.25) is 4.79 Å². The number of thiophene rings is 1. The summed E-state index contributed by atoms with van der Waals surface area (Å²) in [4.78, 5) is 25.1. The van der Waals surface area contributed by atoms with Gasteiger partial charge in [-0.1, -0.05) is 0 Å². The van der Waals surface area contributed by atoms with Crippen molar-refractivity contribution in [3.05, 3.63) is 38.5 Å². The molecule has 0 atom stereocenters. The molecule has 0 aliphatic carbocycles. The lowest BCUT2D eigenvalue weighted by molar-refractivity contribution is 0.0475. The Morgan fingerprint density at radius 2 is 1.56 bits per heavy atom. The van der Waals surface area contributed by atoms with E-state index in [1.165, 1.54) is 23.5 Å². The Hall–Kier alpha value is -2.06. The van der Waals surface area contributed by atoms with Crippen molar-refractivity contribution >= 4 is 39.0 Å². The molecule has 1 aromatic heterocycles. The molecule has 8 heteroatoms. The maximum Gasteiger partial charge on any atom is 0.338 e. The molecule has 0 amide bonds. The summed E-state index contributed by atoms with van der Waals surface area (Å²) in [6, 6.07) is 6.52. The minimum absolute atomic E-state index is 0.227. The number of hydrogen-bond acceptors (Lipinski definition) is 7. The van der Waals surface area contributed by atoms with Crippen LogP contribution in [0.1, 0.15) is 40.8 Å². The van der Waals surface area contributed by atoms with Crippen molar-refractivity contribution in [1.29, 1.82) is 0 Å². The minimum Gasteiger partial charge on any atom is -0.490 e. The Morgan fingerprint density at radius 1 is 0.963 bits per heavy atom. The zero-order chi connectivity index (χ0) is 19.8. The molecule has 0 saturated carbocycles. The molecule has 2 aromatic rings. The van der Waals surface area contributed by atoms with Gasteiger partial charge in [0.15, 0.2) is 18.1 Å². The van der Waals surface area contributed by atoms with Crippen LogP contribution in [0.2, 0.25) is 0 Å². The largest absolute Gasteiger partial charge is 0.490 e. The van der Waals surface area contributed by atoms with Crippen LogP contribution < -0.4 is 14.2 Å². The van der Waals surface area contributed by atoms with Gasteiger partial charge in [-0.05, 0) is 61.0 Å². The summed E-state index contributed by atoms with van der Waals surface area (Å²) in [6.45, 7) is 6.40. The second-order valence-corrected chi connectivity index (χ2v) is 7.67. The summed E-state index contributed by atoms with van der Waals surface area (Å²) in [6.07, 6.45) is 0. The zero-order valence-electron chi connectivity index (χ0n) is 15.4. The van der Waals surface area contributed by atoms with Gasteiger partial charge in [0.1, 0.15) is 0 Å². The molecule has 0 spiro atoms. The van der Waals surface area contributed by atoms with Gasteiger partial charge in [-0.2, -0.15) is 0 Å². The molecule has 0 saturated heterocycles. The number of benzene rings is 1. The van der Waals surface area contributed by atoms with Crippen LogP contribution in [-0.2, 0) is 4.74 Å². The molecule has 27 heavy (non-hydrogen) atoms. The Balaban J connectivity index is 2.19. The van der Waals surface area contributed by atoms with E-state index in [4.69, 9.17) is 18.9 Å². The van der Waals surface area contributed by atoms with Crippen LogP contribution in [0.25, 0.3) is 0 Å². The molecule has 0 fully saturated rings. The summed E-state index contributed by atoms with van der Waals surface area (Å²) in [7, 11) is 0. The Labute approximate surface area is 170 Å². The van der Waals surface area contributed by atoms with E-state index in [1.54, 1.807) is 12.1 Å². The Bertz CT molecular complexity index is 774. The van der Waals surface area contributed by atoms with Crippen molar-refractivity contribution in [3.8, 4) is 17.2 Å². The predicted octanol–water partition coefficient (Wildman–Crippen LogP) is 4.75. The number of halogens is 1. The van der Waals surface area contributed by atoms with E-state index in [9.17, 15) is 9.59 Å². The first-order valence-electron chi connectivity index (χ1n) is 8.52. The topological polar surface area (TPSA) is 71.1 Å². The highest BCUT2D eigenvalue weighted by Gasteiger charge is 2.20. The van der Waals surface area contributed by atoms with Crippen molar-refractivity contribution in [2.75, 3.05) is 26.4 Å². The van der Waals surface area contributed by atoms with Gasteiger partial charge in [-0.15, -0.1) is 11.3 Å². The summed E-state index contributed by atoms with van der Waals surface area (Å²) in [5.74, 6) is 0.331. The second-order valence-electron chi connectivity index (χ2n) is 5.20. The SMILES string of the molecule is CCOc1cc(C(=O)OCC(=O)c2ccc(Br)s2)cc(OCC)c1OCC. The Kier molecular flexibility index (Phi) is 8.12. The van der Waals surface area contributed by atoms with E-state index in [0.717, 1.165) is 3.79 Å². The molecule has 0 unspecified atom stereocenters. The third kappa shape index (κ3) is 5.71. The zero-order valence-corrected chi connectivity index (χ0v) is 17.8. The molecule has 1 aromatic carbocycles. The van der Waals surface area contributed by atoms with Crippen molar-refractivity contribution in [2.24, 2.45) is 0 Å². The van der Waals surface area contributed by atoms with E-state index >= 15 is 0 Å². The van der Waals surface area contributed by atoms with Crippen LogP contribution in [0.5, 0.6) is 17.2 Å². The highest BCUT2D eigenvalue weighted by Crippen LogP contribution is 2.39. The molecule has 0 radical (unpaired) electrons. The molecule has 1 heterocycles. The summed E-state index contributed by atoms with van der Waals surface area (Å²) in [5.41, 5.74) is 0.227. The van der Waals surface area contributed by atoms with Crippen LogP contribution in [0, 0.1) is 0 Å². The van der Waals surface area contributed by atoms with Crippen molar-refractivity contribution < 1.29 is 28.5 Å². The maximum absolute atomic E-state index is 12.4. The summed E-state index contributed by atoms with van der Waals surface area (Å²) < 4.78 is 22.8. The van der Waals surface area contributed by atoms with Gasteiger partial charge in [0.05, 0.1) is 34.0 Å². The third-order valence-corrected chi connectivity index (χ3v) is 4.99. The minimum atomic E-state index is -0.635. The van der Waals surface area contributed by atoms with Crippen molar-refractivity contribution in [1.82, 2.24) is 0 Å². The van der Waals surface area contributed by atoms with Crippen LogP contribution >= 0.6 is 27.3 Å². The Morgan fingerprint density at radius 3 is 2.04 bits per heavy atom. The van der Waals surface area contributed by atoms with E-state index in [2.05, 4.69) is 15.9 Å². The van der Waals surface area contributed by atoms with Crippen LogP contribution in [0.15, 0.2) is 28.1 Å². The van der Waals surface area contributed by atoms with Gasteiger partial charge >= 0.3 is 5.97 Å². The number of esters is 1. The molecule has 0 aliphatic rings. The normalized spacial score (nSPS) is 10.4. The first-order valence-corrected chi connectivity index (χ1v) is 10.1. The van der Waals surface area contributed by atoms with Gasteiger partial charge in [0.25, 0.3) is 0 Å².